The first-order valence-electron chi connectivity index (χ1n) is 8.50. The minimum Gasteiger partial charge on any atom is -0.371 e. The summed E-state index contributed by atoms with van der Waals surface area (Å²) in [6.07, 6.45) is 0. The highest BCUT2D eigenvalue weighted by molar-refractivity contribution is 7.87. The van der Waals surface area contributed by atoms with Crippen molar-refractivity contribution in [1.29, 1.82) is 0 Å². The number of rotatable bonds is 4. The van der Waals surface area contributed by atoms with Gasteiger partial charge in [-0.3, -0.25) is 9.48 Å². The van der Waals surface area contributed by atoms with Crippen LogP contribution < -0.4 is 9.74 Å². The van der Waals surface area contributed by atoms with Crippen LogP contribution in [0, 0.1) is 27.7 Å². The third kappa shape index (κ3) is 3.30. The smallest absolute Gasteiger partial charge is 0.339 e. The van der Waals surface area contributed by atoms with Gasteiger partial charge < -0.3 is 4.18 Å². The first-order valence-corrected chi connectivity index (χ1v) is 9.90. The minimum absolute atomic E-state index is 0.0690. The molecule has 0 unspecified atom stereocenters. The topological polar surface area (TPSA) is 70.3 Å². The number of aromatic nitrogens is 2. The highest BCUT2D eigenvalue weighted by Gasteiger charge is 2.26. The Kier molecular flexibility index (Phi) is 4.73. The molecule has 0 bridgehead atoms. The molecule has 142 valence electrons. The Balaban J connectivity index is 2.12. The number of aryl methyl sites for hydroxylation is 3. The first kappa shape index (κ1) is 19.0. The van der Waals surface area contributed by atoms with Crippen LogP contribution in [-0.2, 0) is 17.2 Å². The summed E-state index contributed by atoms with van der Waals surface area (Å²) in [7, 11) is -2.46. The Bertz CT molecular complexity index is 1170. The molecular formula is C20H22N2O4S. The van der Waals surface area contributed by atoms with Crippen LogP contribution in [0.4, 0.5) is 0 Å². The number of nitrogens with zero attached hydrogens (tertiary/aromatic N) is 2. The molecule has 0 fully saturated rings. The van der Waals surface area contributed by atoms with Crippen molar-refractivity contribution in [3.05, 3.63) is 75.2 Å². The maximum absolute atomic E-state index is 12.9. The summed E-state index contributed by atoms with van der Waals surface area (Å²) in [5.41, 5.74) is 2.95. The molecule has 0 aliphatic heterocycles. The van der Waals surface area contributed by atoms with Gasteiger partial charge in [0.2, 0.25) is 5.75 Å². The monoisotopic (exact) mass is 386 g/mol. The summed E-state index contributed by atoms with van der Waals surface area (Å²) < 4.78 is 34.0. The molecule has 3 aromatic rings. The summed E-state index contributed by atoms with van der Waals surface area (Å²) in [5.74, 6) is -0.195. The van der Waals surface area contributed by atoms with E-state index in [1.807, 2.05) is 19.9 Å². The maximum atomic E-state index is 12.9. The molecule has 1 aromatic heterocycles. The molecule has 27 heavy (non-hydrogen) atoms. The molecule has 0 saturated carbocycles. The van der Waals surface area contributed by atoms with Crippen molar-refractivity contribution in [3.63, 3.8) is 0 Å². The Morgan fingerprint density at radius 2 is 1.48 bits per heavy atom. The highest BCUT2D eigenvalue weighted by Crippen LogP contribution is 2.25. The average molecular weight is 386 g/mol. The van der Waals surface area contributed by atoms with E-state index in [1.165, 1.54) is 4.68 Å². The number of para-hydroxylation sites is 1. The second kappa shape index (κ2) is 6.74. The molecule has 0 amide bonds. The zero-order valence-electron chi connectivity index (χ0n) is 16.0. The van der Waals surface area contributed by atoms with Crippen molar-refractivity contribution in [3.8, 4) is 11.4 Å². The van der Waals surface area contributed by atoms with E-state index in [9.17, 15) is 13.2 Å². The van der Waals surface area contributed by atoms with Crippen LogP contribution in [0.3, 0.4) is 0 Å². The van der Waals surface area contributed by atoms with Crippen molar-refractivity contribution in [1.82, 2.24) is 9.36 Å². The van der Waals surface area contributed by atoms with E-state index in [0.717, 1.165) is 11.1 Å². The molecular weight excluding hydrogens is 364 g/mol. The van der Waals surface area contributed by atoms with Crippen LogP contribution in [0.1, 0.15) is 22.4 Å². The summed E-state index contributed by atoms with van der Waals surface area (Å²) in [6.45, 7) is 7.12. The minimum atomic E-state index is -4.14. The maximum Gasteiger partial charge on any atom is 0.339 e. The fraction of sp³-hybridized carbons (Fsp3) is 0.250. The second-order valence-electron chi connectivity index (χ2n) is 6.63. The SMILES string of the molecule is Cc1cc(C)c(S(=O)(=O)Oc2c(C)n(C)n(-c3ccccc3)c2=O)cc1C. The van der Waals surface area contributed by atoms with Crippen LogP contribution in [0.5, 0.6) is 5.75 Å². The predicted molar refractivity (Wildman–Crippen MR) is 104 cm³/mol. The molecule has 0 aliphatic rings. The van der Waals surface area contributed by atoms with Crippen LogP contribution in [0.15, 0.2) is 52.2 Å². The van der Waals surface area contributed by atoms with Crippen molar-refractivity contribution < 1.29 is 12.6 Å². The summed E-state index contributed by atoms with van der Waals surface area (Å²) in [6, 6.07) is 12.4. The molecule has 0 N–H and O–H groups in total. The highest BCUT2D eigenvalue weighted by atomic mass is 32.2. The van der Waals surface area contributed by atoms with E-state index < -0.39 is 15.7 Å². The quantitative estimate of drug-likeness (QED) is 0.646. The van der Waals surface area contributed by atoms with E-state index in [1.54, 1.807) is 62.0 Å². The Morgan fingerprint density at radius 3 is 2.11 bits per heavy atom. The van der Waals surface area contributed by atoms with Gasteiger partial charge in [-0.1, -0.05) is 24.3 Å². The second-order valence-corrected chi connectivity index (χ2v) is 8.14. The first-order chi connectivity index (χ1) is 12.6. The van der Waals surface area contributed by atoms with E-state index in [2.05, 4.69) is 0 Å². The average Bonchev–Trinajstić information content (AvgIpc) is 2.82. The molecule has 7 heteroatoms. The fourth-order valence-corrected chi connectivity index (χ4v) is 4.27. The lowest BCUT2D eigenvalue weighted by Gasteiger charge is -2.11. The van der Waals surface area contributed by atoms with Gasteiger partial charge in [0.25, 0.3) is 0 Å². The fourth-order valence-electron chi connectivity index (χ4n) is 3.00. The molecule has 0 spiro atoms. The standard InChI is InChI=1S/C20H22N2O4S/c1-13-11-15(3)18(12-14(13)2)27(24,25)26-19-16(4)21(5)22(20(19)23)17-9-7-6-8-10-17/h6-12H,1-5H3. The Labute approximate surface area is 158 Å². The van der Waals surface area contributed by atoms with Gasteiger partial charge in [0, 0.05) is 7.05 Å². The lowest BCUT2D eigenvalue weighted by atomic mass is 10.1. The molecule has 6 nitrogen and oxygen atoms in total. The predicted octanol–water partition coefficient (Wildman–Crippen LogP) is 3.18. The van der Waals surface area contributed by atoms with Gasteiger partial charge in [-0.05, 0) is 62.6 Å². The van der Waals surface area contributed by atoms with Crippen LogP contribution in [-0.4, -0.2) is 17.8 Å². The third-order valence-electron chi connectivity index (χ3n) is 4.76. The largest absolute Gasteiger partial charge is 0.371 e. The zero-order chi connectivity index (χ0) is 19.9. The van der Waals surface area contributed by atoms with Gasteiger partial charge in [-0.2, -0.15) is 8.42 Å². The van der Waals surface area contributed by atoms with E-state index in [0.29, 0.717) is 16.9 Å². The molecule has 1 heterocycles. The third-order valence-corrected chi connectivity index (χ3v) is 6.12. The van der Waals surface area contributed by atoms with E-state index in [-0.39, 0.29) is 10.6 Å². The number of benzene rings is 2. The van der Waals surface area contributed by atoms with Crippen LogP contribution in [0.2, 0.25) is 0 Å². The summed E-state index contributed by atoms with van der Waals surface area (Å²) in [4.78, 5) is 12.9. The molecule has 0 aliphatic carbocycles. The molecule has 3 rings (SSSR count). The molecule has 0 radical (unpaired) electrons. The van der Waals surface area contributed by atoms with E-state index >= 15 is 0 Å². The molecule has 2 aromatic carbocycles. The lowest BCUT2D eigenvalue weighted by Crippen LogP contribution is -2.21. The molecule has 0 saturated heterocycles. The number of hydrogen-bond donors (Lipinski definition) is 0. The normalized spacial score (nSPS) is 11.6. The van der Waals surface area contributed by atoms with Crippen LogP contribution in [0.25, 0.3) is 5.69 Å². The summed E-state index contributed by atoms with van der Waals surface area (Å²) in [5, 5.41) is 0. The zero-order valence-corrected chi connectivity index (χ0v) is 16.8. The van der Waals surface area contributed by atoms with Crippen molar-refractivity contribution in [2.75, 3.05) is 0 Å². The number of hydrogen-bond acceptors (Lipinski definition) is 4. The lowest BCUT2D eigenvalue weighted by molar-refractivity contribution is 0.480. The van der Waals surface area contributed by atoms with Crippen molar-refractivity contribution in [2.45, 2.75) is 32.6 Å². The van der Waals surface area contributed by atoms with Crippen molar-refractivity contribution in [2.24, 2.45) is 7.05 Å². The van der Waals surface area contributed by atoms with Gasteiger partial charge in [-0.25, -0.2) is 4.68 Å². The van der Waals surface area contributed by atoms with E-state index in [4.69, 9.17) is 4.18 Å². The van der Waals surface area contributed by atoms with Gasteiger partial charge >= 0.3 is 15.7 Å². The van der Waals surface area contributed by atoms with Gasteiger partial charge in [0.1, 0.15) is 4.90 Å². The van der Waals surface area contributed by atoms with Crippen molar-refractivity contribution >= 4 is 10.1 Å². The Morgan fingerprint density at radius 1 is 0.889 bits per heavy atom. The Hall–Kier alpha value is -2.80. The summed E-state index contributed by atoms with van der Waals surface area (Å²) >= 11 is 0. The molecule has 0 atom stereocenters. The van der Waals surface area contributed by atoms with Gasteiger partial charge in [0.15, 0.2) is 0 Å². The van der Waals surface area contributed by atoms with Gasteiger partial charge in [0.05, 0.1) is 11.4 Å². The van der Waals surface area contributed by atoms with Gasteiger partial charge in [-0.15, -0.1) is 0 Å². The van der Waals surface area contributed by atoms with Crippen LogP contribution >= 0.6 is 0 Å².